The number of rotatable bonds is 5. The molecule has 0 aliphatic carbocycles. The lowest BCUT2D eigenvalue weighted by Gasteiger charge is -2.36. The molecule has 0 amide bonds. The van der Waals surface area contributed by atoms with Crippen molar-refractivity contribution in [1.29, 1.82) is 0 Å². The van der Waals surface area contributed by atoms with E-state index in [-0.39, 0.29) is 24.5 Å². The summed E-state index contributed by atoms with van der Waals surface area (Å²) in [7, 11) is 0. The molecule has 0 saturated carbocycles. The Balaban J connectivity index is 1.70. The molecule has 174 valence electrons. The first-order valence-corrected chi connectivity index (χ1v) is 11.5. The Morgan fingerprint density at radius 2 is 2.06 bits per heavy atom. The number of hydrogen-bond acceptors (Lipinski definition) is 6. The molecule has 4 heterocycles. The van der Waals surface area contributed by atoms with Gasteiger partial charge in [-0.05, 0) is 30.5 Å². The van der Waals surface area contributed by atoms with Crippen LogP contribution in [0.15, 0.2) is 53.8 Å². The molecule has 2 aliphatic heterocycles. The first-order chi connectivity index (χ1) is 16.3. The zero-order valence-electron chi connectivity index (χ0n) is 19.5. The second-order valence-corrected chi connectivity index (χ2v) is 9.19. The summed E-state index contributed by atoms with van der Waals surface area (Å²) in [6.07, 6.45) is 1.65. The van der Waals surface area contributed by atoms with Gasteiger partial charge in [0.2, 0.25) is 5.60 Å². The van der Waals surface area contributed by atoms with Crippen LogP contribution in [0.25, 0.3) is 22.3 Å². The first kappa shape index (κ1) is 22.1. The first-order valence-electron chi connectivity index (χ1n) is 11.5. The van der Waals surface area contributed by atoms with Gasteiger partial charge in [-0.3, -0.25) is 9.59 Å². The number of cyclic esters (lactones) is 1. The van der Waals surface area contributed by atoms with Crippen molar-refractivity contribution in [2.75, 3.05) is 0 Å². The number of carbonyl (C=O) groups excluding carboxylic acids is 2. The molecule has 0 radical (unpaired) electrons. The van der Waals surface area contributed by atoms with Crippen molar-refractivity contribution in [2.45, 2.75) is 45.9 Å². The van der Waals surface area contributed by atoms with Crippen molar-refractivity contribution in [2.24, 2.45) is 11.8 Å². The average molecular weight is 459 g/mol. The number of esters is 2. The molecule has 3 aromatic rings. The van der Waals surface area contributed by atoms with Crippen LogP contribution in [0.5, 0.6) is 0 Å². The molecule has 1 unspecified atom stereocenters. The standard InChI is InChI=1S/C27H26N2O5/c1-5-18(15(3)4)25(31)34-27(6-2)20-12-22-23-17(11-16-9-7-8-10-21(16)28-23)13-29(22)24(30)19(20)14-33-26(27)32/h5,7-12,15,18H,1,6,13-14H2,2-4H3/t18-,27?/m0/s1. The smallest absolute Gasteiger partial charge is 0.355 e. The van der Waals surface area contributed by atoms with Crippen molar-refractivity contribution in [1.82, 2.24) is 9.55 Å². The molecule has 34 heavy (non-hydrogen) atoms. The van der Waals surface area contributed by atoms with E-state index >= 15 is 0 Å². The van der Waals surface area contributed by atoms with Crippen molar-refractivity contribution in [3.05, 3.63) is 76.1 Å². The normalized spacial score (nSPS) is 19.2. The molecule has 0 bridgehead atoms. The summed E-state index contributed by atoms with van der Waals surface area (Å²) < 4.78 is 12.9. The van der Waals surface area contributed by atoms with Gasteiger partial charge in [-0.15, -0.1) is 6.58 Å². The van der Waals surface area contributed by atoms with Crippen LogP contribution >= 0.6 is 0 Å². The summed E-state index contributed by atoms with van der Waals surface area (Å²) in [6, 6.07) is 11.6. The van der Waals surface area contributed by atoms with Crippen LogP contribution in [0, 0.1) is 11.8 Å². The lowest BCUT2D eigenvalue weighted by atomic mass is 9.85. The Bertz CT molecular complexity index is 1420. The van der Waals surface area contributed by atoms with E-state index in [4.69, 9.17) is 14.5 Å². The Morgan fingerprint density at radius 1 is 1.29 bits per heavy atom. The van der Waals surface area contributed by atoms with Crippen LogP contribution in [0.3, 0.4) is 0 Å². The Kier molecular flexibility index (Phi) is 5.15. The average Bonchev–Trinajstić information content (AvgIpc) is 3.17. The highest BCUT2D eigenvalue weighted by molar-refractivity contribution is 5.89. The third kappa shape index (κ3) is 3.10. The highest BCUT2D eigenvalue weighted by Crippen LogP contribution is 2.41. The summed E-state index contributed by atoms with van der Waals surface area (Å²) in [5, 5.41) is 0.992. The lowest BCUT2D eigenvalue weighted by Crippen LogP contribution is -2.48. The molecule has 0 spiro atoms. The number of carbonyl (C=O) groups is 2. The molecule has 7 heteroatoms. The maximum atomic E-state index is 13.5. The minimum Gasteiger partial charge on any atom is -0.457 e. The van der Waals surface area contributed by atoms with Gasteiger partial charge >= 0.3 is 11.9 Å². The van der Waals surface area contributed by atoms with E-state index in [1.165, 1.54) is 6.08 Å². The highest BCUT2D eigenvalue weighted by Gasteiger charge is 2.51. The zero-order valence-corrected chi connectivity index (χ0v) is 19.5. The topological polar surface area (TPSA) is 87.5 Å². The SMILES string of the molecule is C=C[C@H](C(=O)OC1(CC)C(=O)OCc2c1cc1n(c2=O)Cc2cc3ccccc3nc2-1)C(C)C. The van der Waals surface area contributed by atoms with Crippen molar-refractivity contribution < 1.29 is 19.1 Å². The van der Waals surface area contributed by atoms with E-state index in [0.29, 0.717) is 29.1 Å². The Hall–Kier alpha value is -3.74. The van der Waals surface area contributed by atoms with Gasteiger partial charge in [0.1, 0.15) is 6.61 Å². The number of para-hydroxylation sites is 1. The van der Waals surface area contributed by atoms with E-state index < -0.39 is 23.5 Å². The monoisotopic (exact) mass is 458 g/mol. The van der Waals surface area contributed by atoms with E-state index in [2.05, 4.69) is 6.58 Å². The summed E-state index contributed by atoms with van der Waals surface area (Å²) in [5.41, 5.74) is 1.79. The minimum atomic E-state index is -1.70. The van der Waals surface area contributed by atoms with Crippen LogP contribution in [0.2, 0.25) is 0 Å². The summed E-state index contributed by atoms with van der Waals surface area (Å²) in [6.45, 7) is 9.47. The van der Waals surface area contributed by atoms with Crippen LogP contribution in [-0.2, 0) is 37.8 Å². The fourth-order valence-electron chi connectivity index (χ4n) is 4.96. The fourth-order valence-corrected chi connectivity index (χ4v) is 4.96. The predicted molar refractivity (Wildman–Crippen MR) is 127 cm³/mol. The summed E-state index contributed by atoms with van der Waals surface area (Å²) in [5.74, 6) is -1.89. The van der Waals surface area contributed by atoms with Gasteiger partial charge in [0.25, 0.3) is 5.56 Å². The number of ether oxygens (including phenoxy) is 2. The van der Waals surface area contributed by atoms with Crippen LogP contribution < -0.4 is 5.56 Å². The van der Waals surface area contributed by atoms with Gasteiger partial charge in [-0.2, -0.15) is 0 Å². The number of fused-ring (bicyclic) bond motifs is 5. The predicted octanol–water partition coefficient (Wildman–Crippen LogP) is 4.09. The summed E-state index contributed by atoms with van der Waals surface area (Å²) >= 11 is 0. The Labute approximate surface area is 197 Å². The molecule has 2 atom stereocenters. The maximum Gasteiger partial charge on any atom is 0.355 e. The molecule has 0 saturated heterocycles. The molecule has 0 fully saturated rings. The van der Waals surface area contributed by atoms with Crippen LogP contribution in [-0.4, -0.2) is 21.5 Å². The number of aromatic nitrogens is 2. The van der Waals surface area contributed by atoms with Crippen molar-refractivity contribution in [3.63, 3.8) is 0 Å². The molecule has 0 N–H and O–H groups in total. The molecular weight excluding hydrogens is 432 g/mol. The Morgan fingerprint density at radius 3 is 2.76 bits per heavy atom. The quantitative estimate of drug-likeness (QED) is 0.331. The van der Waals surface area contributed by atoms with Gasteiger partial charge in [-0.1, -0.05) is 45.0 Å². The van der Waals surface area contributed by atoms with Crippen LogP contribution in [0.4, 0.5) is 0 Å². The fraction of sp³-hybridized carbons (Fsp3) is 0.333. The van der Waals surface area contributed by atoms with E-state index in [9.17, 15) is 14.4 Å². The number of pyridine rings is 2. The maximum absolute atomic E-state index is 13.5. The van der Waals surface area contributed by atoms with Gasteiger partial charge < -0.3 is 14.0 Å². The molecule has 7 nitrogen and oxygen atoms in total. The van der Waals surface area contributed by atoms with Gasteiger partial charge in [-0.25, -0.2) is 9.78 Å². The van der Waals surface area contributed by atoms with Crippen molar-refractivity contribution in [3.8, 4) is 11.4 Å². The number of benzene rings is 1. The van der Waals surface area contributed by atoms with Crippen molar-refractivity contribution >= 4 is 22.8 Å². The zero-order chi connectivity index (χ0) is 24.2. The highest BCUT2D eigenvalue weighted by atomic mass is 16.6. The van der Waals surface area contributed by atoms with Gasteiger partial charge in [0, 0.05) is 16.5 Å². The number of hydrogen-bond donors (Lipinski definition) is 0. The number of nitrogens with zero attached hydrogens (tertiary/aromatic N) is 2. The molecular formula is C27H26N2O5. The summed E-state index contributed by atoms with van der Waals surface area (Å²) in [4.78, 5) is 44.5. The van der Waals surface area contributed by atoms with E-state index in [1.807, 2.05) is 44.2 Å². The minimum absolute atomic E-state index is 0.0620. The molecule has 2 aromatic heterocycles. The molecule has 5 rings (SSSR count). The third-order valence-corrected chi connectivity index (χ3v) is 6.90. The van der Waals surface area contributed by atoms with Gasteiger partial charge in [0.15, 0.2) is 0 Å². The van der Waals surface area contributed by atoms with Gasteiger partial charge in [0.05, 0.1) is 34.9 Å². The lowest BCUT2D eigenvalue weighted by molar-refractivity contribution is -0.191. The van der Waals surface area contributed by atoms with E-state index in [0.717, 1.165) is 16.5 Å². The van der Waals surface area contributed by atoms with Crippen LogP contribution in [0.1, 0.15) is 43.9 Å². The second kappa shape index (κ2) is 7.94. The second-order valence-electron chi connectivity index (χ2n) is 9.19. The van der Waals surface area contributed by atoms with E-state index in [1.54, 1.807) is 17.6 Å². The third-order valence-electron chi connectivity index (χ3n) is 6.90. The molecule has 1 aromatic carbocycles. The largest absolute Gasteiger partial charge is 0.457 e. The molecule has 2 aliphatic rings.